The Morgan fingerprint density at radius 3 is 2.65 bits per heavy atom. The van der Waals surface area contributed by atoms with Crippen molar-refractivity contribution < 1.29 is 14.3 Å². The topological polar surface area (TPSA) is 84.7 Å². The zero-order valence-corrected chi connectivity index (χ0v) is 10.7. The molecule has 6 heteroatoms. The molecule has 0 saturated heterocycles. The van der Waals surface area contributed by atoms with Gasteiger partial charge in [0.15, 0.2) is 0 Å². The molecule has 0 aliphatic carbocycles. The second-order valence-electron chi connectivity index (χ2n) is 3.84. The van der Waals surface area contributed by atoms with E-state index in [1.54, 1.807) is 14.2 Å². The lowest BCUT2D eigenvalue weighted by Crippen LogP contribution is -2.39. The van der Waals surface area contributed by atoms with Crippen LogP contribution < -0.4 is 11.1 Å². The van der Waals surface area contributed by atoms with Crippen molar-refractivity contribution in [2.45, 2.75) is 19.3 Å². The zero-order valence-electron chi connectivity index (χ0n) is 10.7. The molecule has 2 amide bonds. The number of carbonyl (C=O) groups is 2. The quantitative estimate of drug-likeness (QED) is 0.528. The highest BCUT2D eigenvalue weighted by Gasteiger charge is 2.11. The van der Waals surface area contributed by atoms with Crippen LogP contribution in [0.25, 0.3) is 0 Å². The number of rotatable bonds is 9. The van der Waals surface area contributed by atoms with Crippen molar-refractivity contribution in [3.63, 3.8) is 0 Å². The minimum absolute atomic E-state index is 0.0275. The van der Waals surface area contributed by atoms with Crippen LogP contribution in [0.2, 0.25) is 0 Å². The molecule has 100 valence electrons. The smallest absolute Gasteiger partial charge is 0.239 e. The van der Waals surface area contributed by atoms with Gasteiger partial charge in [-0.25, -0.2) is 0 Å². The van der Waals surface area contributed by atoms with Crippen LogP contribution >= 0.6 is 0 Å². The van der Waals surface area contributed by atoms with Gasteiger partial charge in [0, 0.05) is 27.1 Å². The number of methoxy groups -OCH3 is 1. The standard InChI is InChI=1S/C11H23N3O3/c1-14(11(16)5-3-4-6-12)9-10(15)13-7-8-17-2/h3-9,12H2,1-2H3,(H,13,15). The van der Waals surface area contributed by atoms with Crippen LogP contribution in [0.4, 0.5) is 0 Å². The number of amides is 2. The van der Waals surface area contributed by atoms with E-state index in [2.05, 4.69) is 5.32 Å². The molecule has 0 saturated carbocycles. The predicted octanol–water partition coefficient (Wildman–Crippen LogP) is -0.664. The zero-order chi connectivity index (χ0) is 13.1. The maximum Gasteiger partial charge on any atom is 0.239 e. The fourth-order valence-electron chi connectivity index (χ4n) is 1.26. The van der Waals surface area contributed by atoms with E-state index >= 15 is 0 Å². The molecule has 0 atom stereocenters. The van der Waals surface area contributed by atoms with Gasteiger partial charge in [0.1, 0.15) is 0 Å². The fourth-order valence-corrected chi connectivity index (χ4v) is 1.26. The average Bonchev–Trinajstić information content (AvgIpc) is 2.29. The number of nitrogens with two attached hydrogens (primary N) is 1. The van der Waals surface area contributed by atoms with Crippen molar-refractivity contribution in [1.29, 1.82) is 0 Å². The summed E-state index contributed by atoms with van der Waals surface area (Å²) in [6, 6.07) is 0. The Morgan fingerprint density at radius 2 is 2.06 bits per heavy atom. The lowest BCUT2D eigenvalue weighted by molar-refractivity contribution is -0.134. The third kappa shape index (κ3) is 8.65. The van der Waals surface area contributed by atoms with Crippen LogP contribution in [0.5, 0.6) is 0 Å². The van der Waals surface area contributed by atoms with E-state index in [4.69, 9.17) is 10.5 Å². The summed E-state index contributed by atoms with van der Waals surface area (Å²) in [5.74, 6) is -0.197. The highest BCUT2D eigenvalue weighted by molar-refractivity contribution is 5.84. The van der Waals surface area contributed by atoms with E-state index in [1.165, 1.54) is 4.90 Å². The first-order chi connectivity index (χ1) is 8.11. The number of ether oxygens (including phenoxy) is 1. The molecule has 0 radical (unpaired) electrons. The van der Waals surface area contributed by atoms with Gasteiger partial charge in [-0.15, -0.1) is 0 Å². The minimum atomic E-state index is -0.170. The van der Waals surface area contributed by atoms with Crippen LogP contribution in [0.3, 0.4) is 0 Å². The molecule has 0 aromatic rings. The molecule has 0 spiro atoms. The Hall–Kier alpha value is -1.14. The van der Waals surface area contributed by atoms with E-state index in [0.717, 1.165) is 12.8 Å². The van der Waals surface area contributed by atoms with Gasteiger partial charge >= 0.3 is 0 Å². The highest BCUT2D eigenvalue weighted by atomic mass is 16.5. The summed E-state index contributed by atoms with van der Waals surface area (Å²) in [6.45, 7) is 1.62. The largest absolute Gasteiger partial charge is 0.383 e. The van der Waals surface area contributed by atoms with Crippen molar-refractivity contribution in [1.82, 2.24) is 10.2 Å². The molecule has 0 aliphatic heterocycles. The van der Waals surface area contributed by atoms with Crippen LogP contribution in [0.1, 0.15) is 19.3 Å². The first-order valence-electron chi connectivity index (χ1n) is 5.81. The minimum Gasteiger partial charge on any atom is -0.383 e. The molecule has 0 bridgehead atoms. The summed E-state index contributed by atoms with van der Waals surface area (Å²) in [5.41, 5.74) is 5.34. The maximum atomic E-state index is 11.6. The Kier molecular flexibility index (Phi) is 9.37. The van der Waals surface area contributed by atoms with E-state index < -0.39 is 0 Å². The first-order valence-corrected chi connectivity index (χ1v) is 5.81. The molecule has 0 aromatic heterocycles. The van der Waals surface area contributed by atoms with E-state index in [0.29, 0.717) is 26.1 Å². The van der Waals surface area contributed by atoms with E-state index in [1.807, 2.05) is 0 Å². The average molecular weight is 245 g/mol. The number of hydrogen-bond acceptors (Lipinski definition) is 4. The number of nitrogens with zero attached hydrogens (tertiary/aromatic N) is 1. The summed E-state index contributed by atoms with van der Waals surface area (Å²) in [7, 11) is 3.19. The molecule has 0 aliphatic rings. The van der Waals surface area contributed by atoms with Crippen molar-refractivity contribution in [3.8, 4) is 0 Å². The van der Waals surface area contributed by atoms with Gasteiger partial charge in [0.2, 0.25) is 11.8 Å². The number of unbranched alkanes of at least 4 members (excludes halogenated alkanes) is 1. The maximum absolute atomic E-state index is 11.6. The Morgan fingerprint density at radius 1 is 1.35 bits per heavy atom. The summed E-state index contributed by atoms with van der Waals surface area (Å²) < 4.78 is 4.80. The fraction of sp³-hybridized carbons (Fsp3) is 0.818. The highest BCUT2D eigenvalue weighted by Crippen LogP contribution is 1.98. The van der Waals surface area contributed by atoms with Crippen molar-refractivity contribution in [3.05, 3.63) is 0 Å². The molecule has 3 N–H and O–H groups in total. The van der Waals surface area contributed by atoms with Crippen LogP contribution in [-0.2, 0) is 14.3 Å². The summed E-state index contributed by atoms with van der Waals surface area (Å²) >= 11 is 0. The molecule has 0 heterocycles. The Balaban J connectivity index is 3.71. The van der Waals surface area contributed by atoms with Crippen molar-refractivity contribution in [2.24, 2.45) is 5.73 Å². The lowest BCUT2D eigenvalue weighted by Gasteiger charge is -2.16. The second kappa shape index (κ2) is 10.0. The van der Waals surface area contributed by atoms with Gasteiger partial charge in [-0.3, -0.25) is 9.59 Å². The van der Waals surface area contributed by atoms with Gasteiger partial charge in [0.05, 0.1) is 13.2 Å². The number of carbonyl (C=O) groups excluding carboxylic acids is 2. The molecule has 0 unspecified atom stereocenters. The third-order valence-corrected chi connectivity index (χ3v) is 2.28. The van der Waals surface area contributed by atoms with E-state index in [-0.39, 0.29) is 18.4 Å². The number of nitrogens with one attached hydrogen (secondary N) is 1. The van der Waals surface area contributed by atoms with Crippen molar-refractivity contribution >= 4 is 11.8 Å². The molecule has 6 nitrogen and oxygen atoms in total. The summed E-state index contributed by atoms with van der Waals surface area (Å²) in [6.07, 6.45) is 2.05. The SMILES string of the molecule is COCCNC(=O)CN(C)C(=O)CCCCN. The Bertz CT molecular complexity index is 234. The molecule has 17 heavy (non-hydrogen) atoms. The third-order valence-electron chi connectivity index (χ3n) is 2.28. The van der Waals surface area contributed by atoms with Gasteiger partial charge < -0.3 is 20.7 Å². The molecule has 0 fully saturated rings. The van der Waals surface area contributed by atoms with E-state index in [9.17, 15) is 9.59 Å². The number of likely N-dealkylation sites (N-methyl/N-ethyl adjacent to an activating group) is 1. The second-order valence-corrected chi connectivity index (χ2v) is 3.84. The van der Waals surface area contributed by atoms with Crippen LogP contribution in [-0.4, -0.2) is 57.1 Å². The van der Waals surface area contributed by atoms with Crippen LogP contribution in [0, 0.1) is 0 Å². The van der Waals surface area contributed by atoms with Gasteiger partial charge in [-0.05, 0) is 19.4 Å². The molecule has 0 rings (SSSR count). The molecule has 0 aromatic carbocycles. The summed E-state index contributed by atoms with van der Waals surface area (Å²) in [4.78, 5) is 24.4. The molecular formula is C11H23N3O3. The van der Waals surface area contributed by atoms with Gasteiger partial charge in [0.25, 0.3) is 0 Å². The monoisotopic (exact) mass is 245 g/mol. The Labute approximate surface area is 102 Å². The lowest BCUT2D eigenvalue weighted by atomic mass is 10.2. The van der Waals surface area contributed by atoms with Crippen LogP contribution in [0.15, 0.2) is 0 Å². The predicted molar refractivity (Wildman–Crippen MR) is 65.4 cm³/mol. The molecular weight excluding hydrogens is 222 g/mol. The normalized spacial score (nSPS) is 10.1. The van der Waals surface area contributed by atoms with Gasteiger partial charge in [-0.1, -0.05) is 0 Å². The van der Waals surface area contributed by atoms with Gasteiger partial charge in [-0.2, -0.15) is 0 Å². The first kappa shape index (κ1) is 15.9. The van der Waals surface area contributed by atoms with Crippen molar-refractivity contribution in [2.75, 3.05) is 40.4 Å². The summed E-state index contributed by atoms with van der Waals surface area (Å²) in [5, 5.41) is 2.66. The number of hydrogen-bond donors (Lipinski definition) is 2.